The third-order valence-electron chi connectivity index (χ3n) is 5.81. The van der Waals surface area contributed by atoms with E-state index in [4.69, 9.17) is 14.6 Å². The minimum Gasteiger partial charge on any atom is -0.490 e. The third-order valence-corrected chi connectivity index (χ3v) is 5.81. The highest BCUT2D eigenvalue weighted by molar-refractivity contribution is 5.97. The van der Waals surface area contributed by atoms with Crippen molar-refractivity contribution in [2.24, 2.45) is 12.0 Å². The topological polar surface area (TPSA) is 98.2 Å². The maximum Gasteiger partial charge on any atom is 0.416 e. The molecule has 1 aliphatic rings. The molecule has 0 aliphatic carbocycles. The van der Waals surface area contributed by atoms with E-state index in [2.05, 4.69) is 4.99 Å². The highest BCUT2D eigenvalue weighted by Gasteiger charge is 2.32. The predicted molar refractivity (Wildman–Crippen MR) is 121 cm³/mol. The Morgan fingerprint density at radius 1 is 1.29 bits per heavy atom. The number of aliphatic hydroxyl groups is 2. The van der Waals surface area contributed by atoms with E-state index in [1.54, 1.807) is 10.7 Å². The van der Waals surface area contributed by atoms with E-state index in [0.29, 0.717) is 19.2 Å². The first-order chi connectivity index (χ1) is 16.3. The lowest BCUT2D eigenvalue weighted by molar-refractivity contribution is -0.137. The van der Waals surface area contributed by atoms with Gasteiger partial charge in [-0.1, -0.05) is 20.8 Å². The summed E-state index contributed by atoms with van der Waals surface area (Å²) < 4.78 is 54.8. The van der Waals surface area contributed by atoms with E-state index in [0.717, 1.165) is 30.7 Å². The zero-order chi connectivity index (χ0) is 26.0. The van der Waals surface area contributed by atoms with Gasteiger partial charge in [0.2, 0.25) is 0 Å². The molecule has 2 aromatic rings. The van der Waals surface area contributed by atoms with Crippen LogP contribution in [0.4, 0.5) is 13.2 Å². The van der Waals surface area contributed by atoms with Crippen LogP contribution in [0, 0.1) is 0 Å². The Morgan fingerprint density at radius 3 is 2.57 bits per heavy atom. The summed E-state index contributed by atoms with van der Waals surface area (Å²) in [7, 11) is 1.84. The van der Waals surface area contributed by atoms with Crippen LogP contribution in [0.1, 0.15) is 55.2 Å². The van der Waals surface area contributed by atoms with Crippen molar-refractivity contribution in [1.82, 2.24) is 9.36 Å². The van der Waals surface area contributed by atoms with Gasteiger partial charge < -0.3 is 19.7 Å². The van der Waals surface area contributed by atoms with Gasteiger partial charge in [0.05, 0.1) is 30.4 Å². The van der Waals surface area contributed by atoms with Gasteiger partial charge in [-0.3, -0.25) is 14.2 Å². The molecule has 1 unspecified atom stereocenters. The molecule has 8 nitrogen and oxygen atoms in total. The fourth-order valence-electron chi connectivity index (χ4n) is 3.97. The summed E-state index contributed by atoms with van der Waals surface area (Å²) >= 11 is 0. The lowest BCUT2D eigenvalue weighted by Crippen LogP contribution is -2.30. The Hall–Kier alpha value is -2.63. The lowest BCUT2D eigenvalue weighted by Gasteiger charge is -2.21. The van der Waals surface area contributed by atoms with Gasteiger partial charge in [0.25, 0.3) is 5.91 Å². The SMILES string of the molecule is Cn1c(C(C)(C)C)c/c(=N\C(=O)c2cc(C(F)(F)F)ccc2OCC(O)CO)n1C[C@H]1CCCO1. The molecule has 11 heteroatoms. The number of rotatable bonds is 7. The molecule has 0 bridgehead atoms. The molecule has 0 radical (unpaired) electrons. The molecule has 2 atom stereocenters. The second kappa shape index (κ2) is 10.5. The molecular formula is C24H32F3N3O5. The van der Waals surface area contributed by atoms with E-state index in [1.807, 2.05) is 32.5 Å². The van der Waals surface area contributed by atoms with Crippen molar-refractivity contribution in [3.63, 3.8) is 0 Å². The molecule has 194 valence electrons. The summed E-state index contributed by atoms with van der Waals surface area (Å²) in [6.07, 6.45) is -4.20. The van der Waals surface area contributed by atoms with Crippen LogP contribution < -0.4 is 10.2 Å². The highest BCUT2D eigenvalue weighted by atomic mass is 19.4. The van der Waals surface area contributed by atoms with Crippen molar-refractivity contribution < 1.29 is 37.7 Å². The fraction of sp³-hybridized carbons (Fsp3) is 0.583. The molecule has 35 heavy (non-hydrogen) atoms. The lowest BCUT2D eigenvalue weighted by atomic mass is 9.92. The molecular weight excluding hydrogens is 467 g/mol. The number of carbonyl (C=O) groups is 1. The number of amides is 1. The van der Waals surface area contributed by atoms with Gasteiger partial charge in [-0.05, 0) is 31.0 Å². The smallest absolute Gasteiger partial charge is 0.416 e. The van der Waals surface area contributed by atoms with Crippen molar-refractivity contribution >= 4 is 5.91 Å². The number of hydrogen-bond donors (Lipinski definition) is 2. The normalized spacial score (nSPS) is 18.2. The van der Waals surface area contributed by atoms with Crippen LogP contribution in [-0.4, -0.2) is 57.5 Å². The zero-order valence-corrected chi connectivity index (χ0v) is 20.3. The molecule has 1 fully saturated rings. The number of ether oxygens (including phenoxy) is 2. The van der Waals surface area contributed by atoms with Gasteiger partial charge in [-0.2, -0.15) is 18.2 Å². The maximum atomic E-state index is 13.4. The fourth-order valence-corrected chi connectivity index (χ4v) is 3.97. The van der Waals surface area contributed by atoms with Gasteiger partial charge >= 0.3 is 6.18 Å². The van der Waals surface area contributed by atoms with Crippen LogP contribution in [0.25, 0.3) is 0 Å². The van der Waals surface area contributed by atoms with Crippen LogP contribution in [-0.2, 0) is 29.9 Å². The summed E-state index contributed by atoms with van der Waals surface area (Å²) in [5, 5.41) is 18.6. The molecule has 2 N–H and O–H groups in total. The summed E-state index contributed by atoms with van der Waals surface area (Å²) in [5.41, 5.74) is -0.531. The van der Waals surface area contributed by atoms with Crippen LogP contribution in [0.15, 0.2) is 29.3 Å². The van der Waals surface area contributed by atoms with Crippen LogP contribution in [0.3, 0.4) is 0 Å². The molecule has 1 aromatic carbocycles. The number of alkyl halides is 3. The predicted octanol–water partition coefficient (Wildman–Crippen LogP) is 2.80. The van der Waals surface area contributed by atoms with Gasteiger partial charge in [0.1, 0.15) is 18.5 Å². The molecule has 0 saturated carbocycles. The van der Waals surface area contributed by atoms with E-state index >= 15 is 0 Å². The molecule has 1 saturated heterocycles. The van der Waals surface area contributed by atoms with Crippen molar-refractivity contribution in [2.45, 2.75) is 64.0 Å². The average molecular weight is 500 g/mol. The number of aromatic nitrogens is 2. The van der Waals surface area contributed by atoms with Crippen LogP contribution in [0.2, 0.25) is 0 Å². The first kappa shape index (κ1) is 27.0. The van der Waals surface area contributed by atoms with Gasteiger partial charge in [-0.15, -0.1) is 0 Å². The molecule has 0 spiro atoms. The standard InChI is InChI=1S/C24H32F3N3O5/c1-23(2,3)20-11-21(30(29(20)4)12-17-6-5-9-34-17)28-22(33)18-10-15(24(25,26)27)7-8-19(18)35-14-16(32)13-31/h7-8,10-11,16-17,31-32H,5-6,9,12-14H2,1-4H3/b28-21+/t16?,17-/m1/s1. The minimum absolute atomic E-state index is 0.0575. The first-order valence-corrected chi connectivity index (χ1v) is 11.4. The maximum absolute atomic E-state index is 13.4. The molecule has 1 amide bonds. The highest BCUT2D eigenvalue weighted by Crippen LogP contribution is 2.33. The van der Waals surface area contributed by atoms with Gasteiger partial charge in [0.15, 0.2) is 5.49 Å². The Kier molecular flexibility index (Phi) is 8.13. The summed E-state index contributed by atoms with van der Waals surface area (Å²) in [6, 6.07) is 4.23. The Bertz CT molecular complexity index is 1110. The number of hydrogen-bond acceptors (Lipinski definition) is 5. The van der Waals surface area contributed by atoms with Crippen molar-refractivity contribution in [1.29, 1.82) is 0 Å². The Balaban J connectivity index is 2.09. The van der Waals surface area contributed by atoms with E-state index in [-0.39, 0.29) is 22.8 Å². The second-order valence-electron chi connectivity index (χ2n) is 9.65. The average Bonchev–Trinajstić information content (AvgIpc) is 3.40. The molecule has 2 heterocycles. The largest absolute Gasteiger partial charge is 0.490 e. The van der Waals surface area contributed by atoms with Gasteiger partial charge in [-0.25, -0.2) is 0 Å². The Morgan fingerprint density at radius 2 is 2.00 bits per heavy atom. The molecule has 1 aliphatic heterocycles. The number of nitrogens with zero attached hydrogens (tertiary/aromatic N) is 3. The Labute approximate surface area is 201 Å². The van der Waals surface area contributed by atoms with Crippen LogP contribution in [0.5, 0.6) is 5.75 Å². The number of carbonyl (C=O) groups excluding carboxylic acids is 1. The van der Waals surface area contributed by atoms with Crippen molar-refractivity contribution in [2.75, 3.05) is 19.8 Å². The van der Waals surface area contributed by atoms with E-state index in [1.165, 1.54) is 0 Å². The van der Waals surface area contributed by atoms with Crippen molar-refractivity contribution in [3.05, 3.63) is 46.6 Å². The first-order valence-electron chi connectivity index (χ1n) is 11.4. The number of benzene rings is 1. The van der Waals surface area contributed by atoms with Crippen molar-refractivity contribution in [3.8, 4) is 5.75 Å². The summed E-state index contributed by atoms with van der Waals surface area (Å²) in [6.45, 7) is 6.11. The number of halogens is 3. The molecule has 1 aromatic heterocycles. The molecule has 3 rings (SSSR count). The van der Waals surface area contributed by atoms with E-state index in [9.17, 15) is 23.1 Å². The summed E-state index contributed by atoms with van der Waals surface area (Å²) in [4.78, 5) is 17.4. The van der Waals surface area contributed by atoms with Crippen LogP contribution >= 0.6 is 0 Å². The monoisotopic (exact) mass is 499 g/mol. The summed E-state index contributed by atoms with van der Waals surface area (Å²) in [5.74, 6) is -1.09. The number of aliphatic hydroxyl groups excluding tert-OH is 2. The minimum atomic E-state index is -4.68. The van der Waals surface area contributed by atoms with Gasteiger partial charge in [0, 0.05) is 30.8 Å². The zero-order valence-electron chi connectivity index (χ0n) is 20.3. The van der Waals surface area contributed by atoms with E-state index < -0.39 is 42.5 Å². The quantitative estimate of drug-likeness (QED) is 0.611. The third kappa shape index (κ3) is 6.53. The second-order valence-corrected chi connectivity index (χ2v) is 9.65.